The smallest absolute Gasteiger partial charge is 0.276 e. The van der Waals surface area contributed by atoms with E-state index in [1.54, 1.807) is 0 Å². The molecule has 0 saturated heterocycles. The van der Waals surface area contributed by atoms with Gasteiger partial charge in [0.05, 0.1) is 11.3 Å². The molecule has 0 fully saturated rings. The summed E-state index contributed by atoms with van der Waals surface area (Å²) in [6.07, 6.45) is 0. The third-order valence-corrected chi connectivity index (χ3v) is 4.72. The Hall–Kier alpha value is -2.65. The number of hydrogen-bond acceptors (Lipinski definition) is 4. The van der Waals surface area contributed by atoms with E-state index < -0.39 is 11.7 Å². The molecular weight excluding hydrogens is 486 g/mol. The molecule has 0 heterocycles. The fourth-order valence-corrected chi connectivity index (χ4v) is 3.27. The maximum Gasteiger partial charge on any atom is 0.276 e. The summed E-state index contributed by atoms with van der Waals surface area (Å²) >= 11 is 2.22. The van der Waals surface area contributed by atoms with Crippen LogP contribution in [0.1, 0.15) is 15.9 Å². The number of rotatable bonds is 8. The molecule has 0 aliphatic rings. The second-order valence-electron chi connectivity index (χ2n) is 6.22. The van der Waals surface area contributed by atoms with Crippen molar-refractivity contribution < 1.29 is 18.8 Å². The minimum Gasteiger partial charge on any atom is -0.491 e. The lowest BCUT2D eigenvalue weighted by Crippen LogP contribution is -2.26. The number of nitrogens with one attached hydrogen (secondary N) is 2. The Morgan fingerprint density at radius 1 is 1.00 bits per heavy atom. The maximum absolute atomic E-state index is 13.8. The molecule has 3 rings (SSSR count). The highest BCUT2D eigenvalue weighted by Crippen LogP contribution is 2.25. The van der Waals surface area contributed by atoms with Crippen LogP contribution in [0.25, 0.3) is 0 Å². The van der Waals surface area contributed by atoms with Crippen molar-refractivity contribution in [3.63, 3.8) is 0 Å². The number of amides is 1. The number of ether oxygens (including phenoxy) is 1. The van der Waals surface area contributed by atoms with Crippen molar-refractivity contribution in [3.8, 4) is 5.75 Å². The Morgan fingerprint density at radius 2 is 1.79 bits per heavy atom. The Balaban J connectivity index is 1.59. The number of benzene rings is 3. The van der Waals surface area contributed by atoms with Crippen LogP contribution in [0.2, 0.25) is 0 Å². The Kier molecular flexibility index (Phi) is 7.42. The molecule has 0 saturated carbocycles. The zero-order chi connectivity index (χ0) is 20.6. The largest absolute Gasteiger partial charge is 0.491 e. The van der Waals surface area contributed by atoms with Gasteiger partial charge in [-0.25, -0.2) is 9.87 Å². The summed E-state index contributed by atoms with van der Waals surface area (Å²) in [5.74, 6) is -0.194. The minimum absolute atomic E-state index is 0.167. The van der Waals surface area contributed by atoms with E-state index in [1.807, 2.05) is 55.5 Å². The Bertz CT molecular complexity index is 983. The van der Waals surface area contributed by atoms with E-state index in [4.69, 9.17) is 9.57 Å². The van der Waals surface area contributed by atoms with Gasteiger partial charge >= 0.3 is 0 Å². The van der Waals surface area contributed by atoms with E-state index in [9.17, 15) is 9.18 Å². The van der Waals surface area contributed by atoms with Gasteiger partial charge in [0.25, 0.3) is 5.91 Å². The van der Waals surface area contributed by atoms with E-state index in [2.05, 4.69) is 33.4 Å². The number of halogens is 2. The van der Waals surface area contributed by atoms with Crippen LogP contribution >= 0.6 is 22.6 Å². The standard InChI is InChI=1S/C22H20FIN2O3/c1-15-13-17(24)8-10-20(15)25-21-14-16(23)7-9-19(21)22(27)26-29-12-11-28-18-5-3-2-4-6-18/h2-10,13-14,25H,11-12H2,1H3,(H,26,27). The van der Waals surface area contributed by atoms with Crippen molar-refractivity contribution in [1.82, 2.24) is 5.48 Å². The zero-order valence-corrected chi connectivity index (χ0v) is 17.9. The van der Waals surface area contributed by atoms with Gasteiger partial charge in [0.1, 0.15) is 24.8 Å². The third kappa shape index (κ3) is 6.16. The van der Waals surface area contributed by atoms with Crippen LogP contribution in [-0.2, 0) is 4.84 Å². The molecule has 5 nitrogen and oxygen atoms in total. The van der Waals surface area contributed by atoms with Crippen LogP contribution in [0.4, 0.5) is 15.8 Å². The number of aryl methyl sites for hydroxylation is 1. The number of carbonyl (C=O) groups is 1. The highest BCUT2D eigenvalue weighted by Gasteiger charge is 2.14. The second kappa shape index (κ2) is 10.2. The van der Waals surface area contributed by atoms with Crippen LogP contribution in [0.3, 0.4) is 0 Å². The number of anilines is 2. The summed E-state index contributed by atoms with van der Waals surface area (Å²) in [5.41, 5.74) is 4.78. The van der Waals surface area contributed by atoms with Crippen LogP contribution in [0.15, 0.2) is 66.7 Å². The summed E-state index contributed by atoms with van der Waals surface area (Å²) in [6.45, 7) is 2.39. The normalized spacial score (nSPS) is 10.4. The van der Waals surface area contributed by atoms with Gasteiger partial charge in [-0.2, -0.15) is 0 Å². The predicted molar refractivity (Wildman–Crippen MR) is 119 cm³/mol. The molecule has 0 bridgehead atoms. The first kappa shape index (κ1) is 21.1. The van der Waals surface area contributed by atoms with Crippen LogP contribution in [-0.4, -0.2) is 19.1 Å². The van der Waals surface area contributed by atoms with E-state index >= 15 is 0 Å². The number of hydrogen-bond donors (Lipinski definition) is 2. The fraction of sp³-hybridized carbons (Fsp3) is 0.136. The van der Waals surface area contributed by atoms with Gasteiger partial charge in [0.2, 0.25) is 0 Å². The Morgan fingerprint density at radius 3 is 2.55 bits per heavy atom. The van der Waals surface area contributed by atoms with Crippen LogP contribution in [0.5, 0.6) is 5.75 Å². The van der Waals surface area contributed by atoms with Crippen LogP contribution < -0.4 is 15.5 Å². The number of para-hydroxylation sites is 1. The molecule has 3 aromatic carbocycles. The van der Waals surface area contributed by atoms with Gasteiger partial charge in [-0.05, 0) is 83.6 Å². The predicted octanol–water partition coefficient (Wildman–Crippen LogP) is 5.22. The molecule has 1 amide bonds. The summed E-state index contributed by atoms with van der Waals surface area (Å²) < 4.78 is 20.4. The molecule has 0 aromatic heterocycles. The van der Waals surface area contributed by atoms with E-state index in [0.717, 1.165) is 20.6 Å². The van der Waals surface area contributed by atoms with E-state index in [0.29, 0.717) is 5.69 Å². The highest BCUT2D eigenvalue weighted by molar-refractivity contribution is 14.1. The van der Waals surface area contributed by atoms with Crippen molar-refractivity contribution in [3.05, 3.63) is 87.2 Å². The molecule has 29 heavy (non-hydrogen) atoms. The highest BCUT2D eigenvalue weighted by atomic mass is 127. The van der Waals surface area contributed by atoms with Gasteiger partial charge in [0, 0.05) is 9.26 Å². The van der Waals surface area contributed by atoms with E-state index in [1.165, 1.54) is 18.2 Å². The molecule has 2 N–H and O–H groups in total. The zero-order valence-electron chi connectivity index (χ0n) is 15.7. The third-order valence-electron chi connectivity index (χ3n) is 4.05. The van der Waals surface area contributed by atoms with Crippen molar-refractivity contribution in [1.29, 1.82) is 0 Å². The number of hydroxylamine groups is 1. The molecule has 0 atom stereocenters. The lowest BCUT2D eigenvalue weighted by Gasteiger charge is -2.14. The van der Waals surface area contributed by atoms with Gasteiger partial charge < -0.3 is 10.1 Å². The molecule has 7 heteroatoms. The van der Waals surface area contributed by atoms with Crippen molar-refractivity contribution in [2.24, 2.45) is 0 Å². The number of carbonyl (C=O) groups excluding carboxylic acids is 1. The molecule has 150 valence electrons. The molecule has 0 spiro atoms. The van der Waals surface area contributed by atoms with Crippen molar-refractivity contribution in [2.45, 2.75) is 6.92 Å². The molecular formula is C22H20FIN2O3. The summed E-state index contributed by atoms with van der Waals surface area (Å²) in [4.78, 5) is 17.7. The van der Waals surface area contributed by atoms with Gasteiger partial charge in [-0.3, -0.25) is 9.63 Å². The Labute approximate surface area is 182 Å². The summed E-state index contributed by atoms with van der Waals surface area (Å²) in [7, 11) is 0. The second-order valence-corrected chi connectivity index (χ2v) is 7.46. The van der Waals surface area contributed by atoms with Crippen LogP contribution in [0, 0.1) is 16.3 Å². The average Bonchev–Trinajstić information content (AvgIpc) is 2.70. The fourth-order valence-electron chi connectivity index (χ4n) is 2.62. The minimum atomic E-state index is -0.477. The molecule has 0 aliphatic carbocycles. The molecule has 0 aliphatic heterocycles. The molecule has 0 unspecified atom stereocenters. The van der Waals surface area contributed by atoms with Crippen molar-refractivity contribution in [2.75, 3.05) is 18.5 Å². The van der Waals surface area contributed by atoms with Gasteiger partial charge in [-0.1, -0.05) is 18.2 Å². The first-order chi connectivity index (χ1) is 14.0. The maximum atomic E-state index is 13.8. The molecule has 0 radical (unpaired) electrons. The lowest BCUT2D eigenvalue weighted by atomic mass is 10.1. The first-order valence-corrected chi connectivity index (χ1v) is 10.0. The topological polar surface area (TPSA) is 59.6 Å². The average molecular weight is 506 g/mol. The van der Waals surface area contributed by atoms with E-state index in [-0.39, 0.29) is 18.8 Å². The SMILES string of the molecule is Cc1cc(I)ccc1Nc1cc(F)ccc1C(=O)NOCCOc1ccccc1. The first-order valence-electron chi connectivity index (χ1n) is 8.95. The summed E-state index contributed by atoms with van der Waals surface area (Å²) in [6, 6.07) is 19.1. The van der Waals surface area contributed by atoms with Gasteiger partial charge in [0.15, 0.2) is 0 Å². The van der Waals surface area contributed by atoms with Gasteiger partial charge in [-0.15, -0.1) is 0 Å². The quantitative estimate of drug-likeness (QED) is 0.250. The molecule has 3 aromatic rings. The summed E-state index contributed by atoms with van der Waals surface area (Å²) in [5, 5.41) is 3.13. The van der Waals surface area contributed by atoms with Crippen molar-refractivity contribution >= 4 is 39.9 Å². The lowest BCUT2D eigenvalue weighted by molar-refractivity contribution is 0.0201. The monoisotopic (exact) mass is 506 g/mol.